The second-order valence-corrected chi connectivity index (χ2v) is 8.27. The first-order valence-corrected chi connectivity index (χ1v) is 11.5. The molecule has 0 radical (unpaired) electrons. The van der Waals surface area contributed by atoms with Gasteiger partial charge >= 0.3 is 0 Å². The fraction of sp³-hybridized carbons (Fsp3) is 0.222. The monoisotopic (exact) mass is 492 g/mol. The van der Waals surface area contributed by atoms with Gasteiger partial charge in [0.1, 0.15) is 12.0 Å². The van der Waals surface area contributed by atoms with E-state index in [1.807, 2.05) is 43.3 Å². The summed E-state index contributed by atoms with van der Waals surface area (Å²) < 4.78 is 16.7. The van der Waals surface area contributed by atoms with Gasteiger partial charge in [0, 0.05) is 22.6 Å². The van der Waals surface area contributed by atoms with Crippen LogP contribution in [0.2, 0.25) is 5.02 Å². The first kappa shape index (κ1) is 24.3. The normalized spacial score (nSPS) is 14.9. The zero-order valence-corrected chi connectivity index (χ0v) is 20.2. The van der Waals surface area contributed by atoms with E-state index in [0.717, 1.165) is 23.1 Å². The Morgan fingerprint density at radius 1 is 1.09 bits per heavy atom. The number of rotatable bonds is 9. The van der Waals surface area contributed by atoms with Gasteiger partial charge in [-0.05, 0) is 55.0 Å². The third-order valence-corrected chi connectivity index (χ3v) is 5.83. The number of carbonyl (C=O) groups excluding carboxylic acids is 2. The summed E-state index contributed by atoms with van der Waals surface area (Å²) in [5.74, 6) is 1.18. The summed E-state index contributed by atoms with van der Waals surface area (Å²) in [5.41, 5.74) is 3.02. The van der Waals surface area contributed by atoms with Gasteiger partial charge < -0.3 is 14.2 Å². The summed E-state index contributed by atoms with van der Waals surface area (Å²) in [6, 6.07) is 19.5. The van der Waals surface area contributed by atoms with Gasteiger partial charge in [-0.2, -0.15) is 5.10 Å². The average molecular weight is 493 g/mol. The van der Waals surface area contributed by atoms with Crippen LogP contribution >= 0.6 is 11.6 Å². The summed E-state index contributed by atoms with van der Waals surface area (Å²) >= 11 is 6.08. The van der Waals surface area contributed by atoms with Crippen LogP contribution in [0.5, 0.6) is 17.2 Å². The van der Waals surface area contributed by atoms with E-state index in [2.05, 4.69) is 5.10 Å². The number of halogens is 1. The van der Waals surface area contributed by atoms with Crippen molar-refractivity contribution in [2.45, 2.75) is 19.4 Å². The third-order valence-electron chi connectivity index (χ3n) is 5.58. The molecular formula is C27H25ClN2O5. The number of amides is 1. The van der Waals surface area contributed by atoms with Gasteiger partial charge in [-0.3, -0.25) is 9.59 Å². The maximum Gasteiger partial charge on any atom is 0.281 e. The Labute approximate surface area is 208 Å². The highest BCUT2D eigenvalue weighted by Gasteiger charge is 2.33. The van der Waals surface area contributed by atoms with Gasteiger partial charge in [0.05, 0.1) is 25.5 Å². The van der Waals surface area contributed by atoms with Crippen molar-refractivity contribution >= 4 is 29.5 Å². The number of hydrogen-bond donors (Lipinski definition) is 0. The Hall–Kier alpha value is -3.84. The first-order chi connectivity index (χ1) is 17.0. The molecule has 0 fully saturated rings. The summed E-state index contributed by atoms with van der Waals surface area (Å²) in [6.45, 7) is 1.98. The fourth-order valence-electron chi connectivity index (χ4n) is 3.85. The molecule has 8 heteroatoms. The van der Waals surface area contributed by atoms with E-state index in [9.17, 15) is 9.59 Å². The maximum absolute atomic E-state index is 13.3. The van der Waals surface area contributed by atoms with Crippen LogP contribution in [0.3, 0.4) is 0 Å². The molecule has 1 unspecified atom stereocenters. The molecule has 0 saturated heterocycles. The van der Waals surface area contributed by atoms with Gasteiger partial charge in [-0.15, -0.1) is 0 Å². The molecule has 3 aromatic rings. The SMILES string of the molecule is CCOc1cc(C=O)ccc1OCC(=O)N1N=C(c2cccc(OC)c2)CC1c1ccc(Cl)cc1. The highest BCUT2D eigenvalue weighted by atomic mass is 35.5. The Balaban J connectivity index is 1.59. The summed E-state index contributed by atoms with van der Waals surface area (Å²) in [6.07, 6.45) is 1.26. The standard InChI is InChI=1S/C27H25ClN2O5/c1-3-34-26-13-18(16-31)7-12-25(26)35-17-27(32)30-24(19-8-10-21(28)11-9-19)15-23(29-30)20-5-4-6-22(14-20)33-2/h4-14,16,24H,3,15,17H2,1-2H3. The molecule has 180 valence electrons. The number of methoxy groups -OCH3 is 1. The predicted molar refractivity (Wildman–Crippen MR) is 134 cm³/mol. The van der Waals surface area contributed by atoms with E-state index in [1.165, 1.54) is 5.01 Å². The van der Waals surface area contributed by atoms with Gasteiger partial charge in [0.2, 0.25) is 0 Å². The maximum atomic E-state index is 13.3. The molecule has 0 N–H and O–H groups in total. The van der Waals surface area contributed by atoms with Crippen molar-refractivity contribution in [3.05, 3.63) is 88.4 Å². The van der Waals surface area contributed by atoms with Crippen LogP contribution in [0.25, 0.3) is 0 Å². The van der Waals surface area contributed by atoms with Crippen molar-refractivity contribution in [3.8, 4) is 17.2 Å². The number of ether oxygens (including phenoxy) is 3. The second kappa shape index (κ2) is 11.1. The van der Waals surface area contributed by atoms with Crippen molar-refractivity contribution in [2.75, 3.05) is 20.3 Å². The van der Waals surface area contributed by atoms with Crippen molar-refractivity contribution in [1.29, 1.82) is 0 Å². The zero-order chi connectivity index (χ0) is 24.8. The van der Waals surface area contributed by atoms with Crippen LogP contribution in [-0.4, -0.2) is 43.2 Å². The quantitative estimate of drug-likeness (QED) is 0.378. The number of aldehydes is 1. The third kappa shape index (κ3) is 5.63. The van der Waals surface area contributed by atoms with Crippen LogP contribution in [-0.2, 0) is 4.79 Å². The largest absolute Gasteiger partial charge is 0.497 e. The first-order valence-electron chi connectivity index (χ1n) is 11.2. The lowest BCUT2D eigenvalue weighted by molar-refractivity contribution is -0.135. The molecule has 0 spiro atoms. The Bertz CT molecular complexity index is 1240. The minimum Gasteiger partial charge on any atom is -0.497 e. The van der Waals surface area contributed by atoms with Gasteiger partial charge in [-0.1, -0.05) is 35.9 Å². The van der Waals surface area contributed by atoms with Crippen LogP contribution in [0.15, 0.2) is 71.8 Å². The van der Waals surface area contributed by atoms with Crippen LogP contribution in [0.4, 0.5) is 0 Å². The summed E-state index contributed by atoms with van der Waals surface area (Å²) in [4.78, 5) is 24.4. The van der Waals surface area contributed by atoms with Crippen molar-refractivity contribution in [1.82, 2.24) is 5.01 Å². The molecule has 0 bridgehead atoms. The van der Waals surface area contributed by atoms with E-state index in [0.29, 0.717) is 40.9 Å². The van der Waals surface area contributed by atoms with E-state index in [4.69, 9.17) is 25.8 Å². The highest BCUT2D eigenvalue weighted by molar-refractivity contribution is 6.30. The summed E-state index contributed by atoms with van der Waals surface area (Å²) in [5, 5.41) is 6.74. The molecule has 4 rings (SSSR count). The molecular weight excluding hydrogens is 468 g/mol. The van der Waals surface area contributed by atoms with E-state index >= 15 is 0 Å². The minimum atomic E-state index is -0.315. The lowest BCUT2D eigenvalue weighted by atomic mass is 9.98. The molecule has 0 aliphatic carbocycles. The molecule has 0 aromatic heterocycles. The van der Waals surface area contributed by atoms with Crippen molar-refractivity contribution in [3.63, 3.8) is 0 Å². The van der Waals surface area contributed by atoms with Crippen LogP contribution < -0.4 is 14.2 Å². The Morgan fingerprint density at radius 2 is 1.89 bits per heavy atom. The Kier molecular flexibility index (Phi) is 7.67. The number of hydrogen-bond acceptors (Lipinski definition) is 6. The molecule has 1 heterocycles. The number of benzene rings is 3. The summed E-state index contributed by atoms with van der Waals surface area (Å²) in [7, 11) is 1.61. The topological polar surface area (TPSA) is 77.4 Å². The lowest BCUT2D eigenvalue weighted by Crippen LogP contribution is -2.31. The van der Waals surface area contributed by atoms with Crippen LogP contribution in [0.1, 0.15) is 40.9 Å². The van der Waals surface area contributed by atoms with E-state index < -0.39 is 0 Å². The molecule has 1 amide bonds. The molecule has 1 atom stereocenters. The molecule has 0 saturated carbocycles. The Morgan fingerprint density at radius 3 is 2.60 bits per heavy atom. The lowest BCUT2D eigenvalue weighted by Gasteiger charge is -2.22. The smallest absolute Gasteiger partial charge is 0.281 e. The predicted octanol–water partition coefficient (Wildman–Crippen LogP) is 5.32. The molecule has 7 nitrogen and oxygen atoms in total. The van der Waals surface area contributed by atoms with Gasteiger partial charge in [0.25, 0.3) is 5.91 Å². The van der Waals surface area contributed by atoms with Gasteiger partial charge in [0.15, 0.2) is 18.1 Å². The molecule has 3 aromatic carbocycles. The number of nitrogens with zero attached hydrogens (tertiary/aromatic N) is 2. The molecule has 1 aliphatic heterocycles. The zero-order valence-electron chi connectivity index (χ0n) is 19.4. The average Bonchev–Trinajstić information content (AvgIpc) is 3.34. The van der Waals surface area contributed by atoms with Crippen molar-refractivity contribution < 1.29 is 23.8 Å². The van der Waals surface area contributed by atoms with Crippen LogP contribution in [0, 0.1) is 0 Å². The van der Waals surface area contributed by atoms with E-state index in [1.54, 1.807) is 37.4 Å². The minimum absolute atomic E-state index is 0.251. The second-order valence-electron chi connectivity index (χ2n) is 7.83. The van der Waals surface area contributed by atoms with E-state index in [-0.39, 0.29) is 18.6 Å². The molecule has 1 aliphatic rings. The van der Waals surface area contributed by atoms with Gasteiger partial charge in [-0.25, -0.2) is 5.01 Å². The number of carbonyl (C=O) groups is 2. The molecule has 35 heavy (non-hydrogen) atoms. The highest BCUT2D eigenvalue weighted by Crippen LogP contribution is 2.34. The number of hydrazone groups is 1. The fourth-order valence-corrected chi connectivity index (χ4v) is 3.98. The van der Waals surface area contributed by atoms with Crippen molar-refractivity contribution in [2.24, 2.45) is 5.10 Å².